The first kappa shape index (κ1) is 9.14. The van der Waals surface area contributed by atoms with Crippen molar-refractivity contribution in [3.63, 3.8) is 0 Å². The van der Waals surface area contributed by atoms with E-state index in [1.54, 1.807) is 31.5 Å². The van der Waals surface area contributed by atoms with Crippen molar-refractivity contribution in [3.8, 4) is 0 Å². The van der Waals surface area contributed by atoms with Crippen LogP contribution in [0.5, 0.6) is 0 Å². The Balaban J connectivity index is 3.33. The van der Waals surface area contributed by atoms with Crippen LogP contribution in [0.4, 0.5) is 11.4 Å². The lowest BCUT2D eigenvalue weighted by atomic mass is 10.3. The van der Waals surface area contributed by atoms with E-state index in [0.29, 0.717) is 16.7 Å². The van der Waals surface area contributed by atoms with Gasteiger partial charge in [0.15, 0.2) is 0 Å². The van der Waals surface area contributed by atoms with Crippen molar-refractivity contribution in [2.45, 2.75) is 0 Å². The van der Waals surface area contributed by atoms with E-state index in [2.05, 4.69) is 0 Å². The van der Waals surface area contributed by atoms with Gasteiger partial charge in [-0.05, 0) is 31.5 Å². The minimum atomic E-state index is -2.29. The van der Waals surface area contributed by atoms with Gasteiger partial charge < -0.3 is 16.0 Å². The molecule has 0 spiro atoms. The minimum absolute atomic E-state index is 0.553. The van der Waals surface area contributed by atoms with Crippen LogP contribution in [-0.2, 0) is 4.57 Å². The lowest BCUT2D eigenvalue weighted by Crippen LogP contribution is -2.10. The van der Waals surface area contributed by atoms with E-state index in [-0.39, 0.29) is 0 Å². The number of nitrogens with two attached hydrogens (primary N) is 2. The Morgan fingerprint density at radius 1 is 1.25 bits per heavy atom. The maximum absolute atomic E-state index is 11.7. The molecule has 1 rings (SSSR count). The summed E-state index contributed by atoms with van der Waals surface area (Å²) in [5.41, 5.74) is 12.3. The predicted molar refractivity (Wildman–Crippen MR) is 54.4 cm³/mol. The molecule has 66 valence electrons. The molecular formula is C8H13N2OP. The number of hydrogen-bond acceptors (Lipinski definition) is 3. The van der Waals surface area contributed by atoms with Gasteiger partial charge in [0.05, 0.1) is 0 Å². The lowest BCUT2D eigenvalue weighted by Gasteiger charge is -2.10. The molecule has 0 unspecified atom stereocenters. The Bertz CT molecular complexity index is 343. The van der Waals surface area contributed by atoms with Gasteiger partial charge in [-0.15, -0.1) is 0 Å². The highest BCUT2D eigenvalue weighted by Crippen LogP contribution is 2.37. The van der Waals surface area contributed by atoms with Gasteiger partial charge in [0.2, 0.25) is 0 Å². The topological polar surface area (TPSA) is 69.1 Å². The second-order valence-corrected chi connectivity index (χ2v) is 6.35. The molecule has 0 amide bonds. The van der Waals surface area contributed by atoms with Crippen LogP contribution in [0.15, 0.2) is 18.2 Å². The highest BCUT2D eigenvalue weighted by atomic mass is 31.2. The molecule has 4 heteroatoms. The number of nitrogen functional groups attached to an aromatic ring is 2. The Kier molecular flexibility index (Phi) is 2.16. The van der Waals surface area contributed by atoms with E-state index in [9.17, 15) is 4.57 Å². The summed E-state index contributed by atoms with van der Waals surface area (Å²) in [5, 5.41) is 0.669. The standard InChI is InChI=1S/C8H13N2OP/c1-12(2,11)8-5-6(9)3-4-7(8)10/h3-5H,9-10H2,1-2H3. The van der Waals surface area contributed by atoms with E-state index in [1.165, 1.54) is 0 Å². The van der Waals surface area contributed by atoms with Crippen LogP contribution in [0.1, 0.15) is 0 Å². The highest BCUT2D eigenvalue weighted by Gasteiger charge is 2.14. The zero-order valence-corrected chi connectivity index (χ0v) is 8.14. The van der Waals surface area contributed by atoms with E-state index < -0.39 is 7.14 Å². The maximum Gasteiger partial charge on any atom is 0.111 e. The summed E-state index contributed by atoms with van der Waals surface area (Å²) < 4.78 is 11.7. The number of benzene rings is 1. The average molecular weight is 184 g/mol. The van der Waals surface area contributed by atoms with Gasteiger partial charge in [0, 0.05) is 16.7 Å². The van der Waals surface area contributed by atoms with Crippen molar-refractivity contribution in [1.29, 1.82) is 0 Å². The Hall–Kier alpha value is -0.950. The second-order valence-electron chi connectivity index (χ2n) is 3.17. The summed E-state index contributed by atoms with van der Waals surface area (Å²) >= 11 is 0. The average Bonchev–Trinajstić information content (AvgIpc) is 1.92. The van der Waals surface area contributed by atoms with Gasteiger partial charge in [0.1, 0.15) is 7.14 Å². The van der Waals surface area contributed by atoms with Gasteiger partial charge >= 0.3 is 0 Å². The van der Waals surface area contributed by atoms with Crippen molar-refractivity contribution < 1.29 is 4.57 Å². The van der Waals surface area contributed by atoms with E-state index in [4.69, 9.17) is 11.5 Å². The monoisotopic (exact) mass is 184 g/mol. The first-order valence-electron chi connectivity index (χ1n) is 3.62. The molecule has 0 aliphatic carbocycles. The zero-order chi connectivity index (χ0) is 9.35. The van der Waals surface area contributed by atoms with Gasteiger partial charge in [-0.25, -0.2) is 0 Å². The zero-order valence-electron chi connectivity index (χ0n) is 7.24. The van der Waals surface area contributed by atoms with Crippen molar-refractivity contribution in [2.75, 3.05) is 24.8 Å². The van der Waals surface area contributed by atoms with E-state index >= 15 is 0 Å². The van der Waals surface area contributed by atoms with Gasteiger partial charge in [-0.1, -0.05) is 0 Å². The Morgan fingerprint density at radius 2 is 1.83 bits per heavy atom. The lowest BCUT2D eigenvalue weighted by molar-refractivity contribution is 0.588. The van der Waals surface area contributed by atoms with Crippen molar-refractivity contribution in [1.82, 2.24) is 0 Å². The summed E-state index contributed by atoms with van der Waals surface area (Å²) in [5.74, 6) is 0. The summed E-state index contributed by atoms with van der Waals surface area (Å²) in [4.78, 5) is 0. The first-order valence-corrected chi connectivity index (χ1v) is 6.22. The fourth-order valence-electron chi connectivity index (χ4n) is 1.03. The quantitative estimate of drug-likeness (QED) is 0.507. The van der Waals surface area contributed by atoms with Gasteiger partial charge in [0.25, 0.3) is 0 Å². The van der Waals surface area contributed by atoms with E-state index in [1.807, 2.05) is 0 Å². The molecule has 3 nitrogen and oxygen atoms in total. The molecule has 1 aromatic rings. The van der Waals surface area contributed by atoms with Crippen molar-refractivity contribution in [2.24, 2.45) is 0 Å². The predicted octanol–water partition coefficient (Wildman–Crippen LogP) is 1.10. The molecule has 0 aliphatic heterocycles. The third-order valence-corrected chi connectivity index (χ3v) is 3.18. The van der Waals surface area contributed by atoms with Crippen molar-refractivity contribution in [3.05, 3.63) is 18.2 Å². The van der Waals surface area contributed by atoms with Gasteiger partial charge in [-0.2, -0.15) is 0 Å². The normalized spacial score (nSPS) is 11.5. The molecule has 0 bridgehead atoms. The molecule has 0 aromatic heterocycles. The molecule has 0 atom stereocenters. The molecule has 0 fully saturated rings. The summed E-state index contributed by atoms with van der Waals surface area (Å²) in [6, 6.07) is 5.06. The largest absolute Gasteiger partial charge is 0.399 e. The Labute approximate surface area is 72.1 Å². The number of rotatable bonds is 1. The fraction of sp³-hybridized carbons (Fsp3) is 0.250. The molecule has 0 radical (unpaired) electrons. The first-order chi connectivity index (χ1) is 5.41. The fourth-order valence-corrected chi connectivity index (χ4v) is 2.18. The van der Waals surface area contributed by atoms with Crippen LogP contribution < -0.4 is 16.8 Å². The van der Waals surface area contributed by atoms with E-state index in [0.717, 1.165) is 0 Å². The molecular weight excluding hydrogens is 171 g/mol. The van der Waals surface area contributed by atoms with Crippen LogP contribution in [0.3, 0.4) is 0 Å². The minimum Gasteiger partial charge on any atom is -0.399 e. The Morgan fingerprint density at radius 3 is 2.25 bits per heavy atom. The number of hydrogen-bond donors (Lipinski definition) is 2. The third-order valence-electron chi connectivity index (χ3n) is 1.63. The van der Waals surface area contributed by atoms with Gasteiger partial charge in [-0.3, -0.25) is 0 Å². The SMILES string of the molecule is CP(C)(=O)c1cc(N)ccc1N. The molecule has 12 heavy (non-hydrogen) atoms. The summed E-state index contributed by atoms with van der Waals surface area (Å²) in [7, 11) is -2.29. The third kappa shape index (κ3) is 1.80. The summed E-state index contributed by atoms with van der Waals surface area (Å²) in [6.07, 6.45) is 0. The molecule has 0 saturated carbocycles. The summed E-state index contributed by atoms with van der Waals surface area (Å²) in [6.45, 7) is 3.36. The van der Waals surface area contributed by atoms with Crippen LogP contribution in [-0.4, -0.2) is 13.3 Å². The van der Waals surface area contributed by atoms with Crippen LogP contribution in [0.2, 0.25) is 0 Å². The highest BCUT2D eigenvalue weighted by molar-refractivity contribution is 7.70. The van der Waals surface area contributed by atoms with Crippen LogP contribution >= 0.6 is 7.14 Å². The molecule has 1 aromatic carbocycles. The van der Waals surface area contributed by atoms with Crippen LogP contribution in [0, 0.1) is 0 Å². The maximum atomic E-state index is 11.7. The van der Waals surface area contributed by atoms with Crippen molar-refractivity contribution >= 4 is 23.8 Å². The molecule has 0 heterocycles. The molecule has 4 N–H and O–H groups in total. The second kappa shape index (κ2) is 2.83. The number of anilines is 2. The molecule has 0 saturated heterocycles. The van der Waals surface area contributed by atoms with Crippen LogP contribution in [0.25, 0.3) is 0 Å². The smallest absolute Gasteiger partial charge is 0.111 e. The molecule has 0 aliphatic rings.